The summed E-state index contributed by atoms with van der Waals surface area (Å²) in [4.78, 5) is 16.3. The van der Waals surface area contributed by atoms with Crippen LogP contribution in [-0.4, -0.2) is 30.1 Å². The summed E-state index contributed by atoms with van der Waals surface area (Å²) in [7, 11) is 0. The molecule has 1 aromatic carbocycles. The van der Waals surface area contributed by atoms with E-state index in [-0.39, 0.29) is 17.7 Å². The lowest BCUT2D eigenvalue weighted by molar-refractivity contribution is 0.102. The first kappa shape index (κ1) is 15.0. The van der Waals surface area contributed by atoms with Crippen LogP contribution in [-0.2, 0) is 0 Å². The fourth-order valence-electron chi connectivity index (χ4n) is 2.21. The van der Waals surface area contributed by atoms with Crippen molar-refractivity contribution >= 4 is 11.6 Å². The fraction of sp³-hybridized carbons (Fsp3) is 0.235. The Morgan fingerprint density at radius 2 is 2.09 bits per heavy atom. The summed E-state index contributed by atoms with van der Waals surface area (Å²) >= 11 is 0. The molecule has 0 spiro atoms. The summed E-state index contributed by atoms with van der Waals surface area (Å²) in [6, 6.07) is 12.3. The molecule has 2 heterocycles. The van der Waals surface area contributed by atoms with Gasteiger partial charge >= 0.3 is 0 Å². The molecule has 1 amide bonds. The lowest BCUT2D eigenvalue weighted by Crippen LogP contribution is -2.50. The number of carbonyl (C=O) groups excluding carboxylic acids is 1. The van der Waals surface area contributed by atoms with Crippen molar-refractivity contribution < 1.29 is 9.53 Å². The van der Waals surface area contributed by atoms with E-state index in [1.165, 1.54) is 6.07 Å². The lowest BCUT2D eigenvalue weighted by Gasteiger charge is -2.27. The maximum absolute atomic E-state index is 12.3. The van der Waals surface area contributed by atoms with Crippen molar-refractivity contribution in [3.05, 3.63) is 53.3 Å². The van der Waals surface area contributed by atoms with E-state index in [4.69, 9.17) is 10.00 Å². The van der Waals surface area contributed by atoms with Crippen LogP contribution in [0, 0.1) is 18.3 Å². The van der Waals surface area contributed by atoms with Crippen LogP contribution >= 0.6 is 0 Å². The molecule has 2 aromatic rings. The van der Waals surface area contributed by atoms with Crippen molar-refractivity contribution in [1.29, 1.82) is 5.26 Å². The summed E-state index contributed by atoms with van der Waals surface area (Å²) in [5.74, 6) is 0.505. The maximum Gasteiger partial charge on any atom is 0.255 e. The molecule has 23 heavy (non-hydrogen) atoms. The smallest absolute Gasteiger partial charge is 0.255 e. The molecule has 116 valence electrons. The Labute approximate surface area is 134 Å². The van der Waals surface area contributed by atoms with E-state index in [9.17, 15) is 4.79 Å². The van der Waals surface area contributed by atoms with Gasteiger partial charge in [-0.3, -0.25) is 4.79 Å². The summed E-state index contributed by atoms with van der Waals surface area (Å²) in [5, 5.41) is 14.9. The first-order chi connectivity index (χ1) is 11.1. The standard InChI is InChI=1S/C17H16N4O2/c1-11-6-12(7-14(8-18)20-11)17(22)21-13-2-4-15(5-3-13)23-16-9-19-10-16/h2-7,16,19H,9-10H2,1H3,(H,21,22). The molecule has 6 heteroatoms. The van der Waals surface area contributed by atoms with Gasteiger partial charge in [0.1, 0.15) is 23.6 Å². The number of nitrogens with zero attached hydrogens (tertiary/aromatic N) is 2. The predicted octanol–water partition coefficient (Wildman–Crippen LogP) is 1.86. The molecule has 0 unspecified atom stereocenters. The third-order valence-electron chi connectivity index (χ3n) is 3.49. The number of anilines is 1. The van der Waals surface area contributed by atoms with Crippen molar-refractivity contribution in [3.8, 4) is 11.8 Å². The zero-order valence-corrected chi connectivity index (χ0v) is 12.7. The SMILES string of the molecule is Cc1cc(C(=O)Nc2ccc(OC3CNC3)cc2)cc(C#N)n1. The van der Waals surface area contributed by atoms with Crippen molar-refractivity contribution in [1.82, 2.24) is 10.3 Å². The van der Waals surface area contributed by atoms with Gasteiger partial charge in [0.15, 0.2) is 0 Å². The zero-order chi connectivity index (χ0) is 16.2. The Bertz CT molecular complexity index is 761. The predicted molar refractivity (Wildman–Crippen MR) is 85.4 cm³/mol. The van der Waals surface area contributed by atoms with Gasteiger partial charge in [-0.25, -0.2) is 4.98 Å². The third kappa shape index (κ3) is 3.65. The number of amides is 1. The van der Waals surface area contributed by atoms with Crippen molar-refractivity contribution in [2.24, 2.45) is 0 Å². The minimum atomic E-state index is -0.274. The highest BCUT2D eigenvalue weighted by Crippen LogP contribution is 2.18. The van der Waals surface area contributed by atoms with E-state index in [0.717, 1.165) is 18.8 Å². The molecule has 2 N–H and O–H groups in total. The first-order valence-electron chi connectivity index (χ1n) is 7.31. The second kappa shape index (κ2) is 6.46. The molecule has 0 radical (unpaired) electrons. The number of rotatable bonds is 4. The summed E-state index contributed by atoms with van der Waals surface area (Å²) in [6.45, 7) is 3.47. The van der Waals surface area contributed by atoms with Gasteiger partial charge in [0.25, 0.3) is 5.91 Å². The number of hydrogen-bond acceptors (Lipinski definition) is 5. The molecule has 0 aliphatic carbocycles. The number of aryl methyl sites for hydroxylation is 1. The van der Waals surface area contributed by atoms with Crippen molar-refractivity contribution in [2.75, 3.05) is 18.4 Å². The van der Waals surface area contributed by atoms with Gasteiger partial charge in [-0.05, 0) is 43.3 Å². The highest BCUT2D eigenvalue weighted by Gasteiger charge is 2.18. The Kier molecular flexibility index (Phi) is 4.22. The highest BCUT2D eigenvalue weighted by molar-refractivity contribution is 6.04. The monoisotopic (exact) mass is 308 g/mol. The van der Waals surface area contributed by atoms with Crippen LogP contribution in [0.25, 0.3) is 0 Å². The molecule has 1 aromatic heterocycles. The quantitative estimate of drug-likeness (QED) is 0.900. The molecule has 1 saturated heterocycles. The van der Waals surface area contributed by atoms with Crippen LogP contribution in [0.1, 0.15) is 21.7 Å². The minimum Gasteiger partial charge on any atom is -0.488 e. The fourth-order valence-corrected chi connectivity index (χ4v) is 2.21. The zero-order valence-electron chi connectivity index (χ0n) is 12.7. The molecular weight excluding hydrogens is 292 g/mol. The van der Waals surface area contributed by atoms with Crippen molar-refractivity contribution in [2.45, 2.75) is 13.0 Å². The van der Waals surface area contributed by atoms with Gasteiger partial charge in [-0.2, -0.15) is 5.26 Å². The van der Waals surface area contributed by atoms with E-state index in [0.29, 0.717) is 16.9 Å². The molecule has 6 nitrogen and oxygen atoms in total. The number of nitriles is 1. The van der Waals surface area contributed by atoms with Crippen LogP contribution in [0.5, 0.6) is 5.75 Å². The first-order valence-corrected chi connectivity index (χ1v) is 7.31. The van der Waals surface area contributed by atoms with Crippen LogP contribution in [0.3, 0.4) is 0 Å². The van der Waals surface area contributed by atoms with E-state index in [1.807, 2.05) is 18.2 Å². The number of nitrogens with one attached hydrogen (secondary N) is 2. The average molecular weight is 308 g/mol. The number of aromatic nitrogens is 1. The molecule has 1 aliphatic heterocycles. The van der Waals surface area contributed by atoms with Gasteiger partial charge in [-0.15, -0.1) is 0 Å². The second-order valence-electron chi connectivity index (χ2n) is 5.37. The Morgan fingerprint density at radius 3 is 2.70 bits per heavy atom. The lowest BCUT2D eigenvalue weighted by atomic mass is 10.2. The molecular formula is C17H16N4O2. The minimum absolute atomic E-state index is 0.222. The van der Waals surface area contributed by atoms with E-state index >= 15 is 0 Å². The molecule has 0 saturated carbocycles. The number of pyridine rings is 1. The highest BCUT2D eigenvalue weighted by atomic mass is 16.5. The van der Waals surface area contributed by atoms with Crippen LogP contribution < -0.4 is 15.4 Å². The van der Waals surface area contributed by atoms with Gasteiger partial charge in [0, 0.05) is 30.0 Å². The largest absolute Gasteiger partial charge is 0.488 e. The van der Waals surface area contributed by atoms with Crippen LogP contribution in [0.15, 0.2) is 36.4 Å². The number of carbonyl (C=O) groups is 1. The summed E-state index contributed by atoms with van der Waals surface area (Å²) in [6.07, 6.45) is 0.222. The molecule has 0 bridgehead atoms. The molecule has 0 atom stereocenters. The third-order valence-corrected chi connectivity index (χ3v) is 3.49. The van der Waals surface area contributed by atoms with E-state index in [2.05, 4.69) is 15.6 Å². The maximum atomic E-state index is 12.3. The van der Waals surface area contributed by atoms with Crippen LogP contribution in [0.2, 0.25) is 0 Å². The normalized spacial score (nSPS) is 13.7. The summed E-state index contributed by atoms with van der Waals surface area (Å²) < 4.78 is 5.72. The average Bonchev–Trinajstić information content (AvgIpc) is 2.51. The van der Waals surface area contributed by atoms with Gasteiger partial charge in [-0.1, -0.05) is 0 Å². The molecule has 1 fully saturated rings. The second-order valence-corrected chi connectivity index (χ2v) is 5.37. The molecule has 1 aliphatic rings. The van der Waals surface area contributed by atoms with E-state index < -0.39 is 0 Å². The van der Waals surface area contributed by atoms with E-state index in [1.54, 1.807) is 25.1 Å². The number of ether oxygens (including phenoxy) is 1. The number of hydrogen-bond donors (Lipinski definition) is 2. The van der Waals surface area contributed by atoms with Crippen LogP contribution in [0.4, 0.5) is 5.69 Å². The molecule has 3 rings (SSSR count). The van der Waals surface area contributed by atoms with Gasteiger partial charge < -0.3 is 15.4 Å². The van der Waals surface area contributed by atoms with Gasteiger partial charge in [0.05, 0.1) is 0 Å². The Balaban J connectivity index is 1.67. The number of benzene rings is 1. The Hall–Kier alpha value is -2.91. The summed E-state index contributed by atoms with van der Waals surface area (Å²) in [5.41, 5.74) is 1.94. The topological polar surface area (TPSA) is 87.0 Å². The van der Waals surface area contributed by atoms with Gasteiger partial charge in [0.2, 0.25) is 0 Å². The van der Waals surface area contributed by atoms with Crippen molar-refractivity contribution in [3.63, 3.8) is 0 Å². The Morgan fingerprint density at radius 1 is 1.35 bits per heavy atom.